The van der Waals surface area contributed by atoms with Crippen LogP contribution in [0.15, 0.2) is 42.5 Å². The van der Waals surface area contributed by atoms with Gasteiger partial charge in [-0.15, -0.1) is 0 Å². The molecule has 0 saturated carbocycles. The molecule has 0 atom stereocenters. The lowest BCUT2D eigenvalue weighted by atomic mass is 9.97. The van der Waals surface area contributed by atoms with E-state index in [0.717, 1.165) is 36.5 Å². The first-order chi connectivity index (χ1) is 13.7. The Morgan fingerprint density at radius 3 is 2.21 bits per heavy atom. The number of carbonyl (C=O) groups excluding carboxylic acids is 2. The first-order valence-electron chi connectivity index (χ1n) is 9.80. The summed E-state index contributed by atoms with van der Waals surface area (Å²) in [5.41, 5.74) is 0.826. The topological polar surface area (TPSA) is 37.4 Å². The number of alkyl halides is 3. The molecule has 0 spiro atoms. The van der Waals surface area contributed by atoms with E-state index in [-0.39, 0.29) is 29.8 Å². The van der Waals surface area contributed by atoms with Crippen LogP contribution in [-0.2, 0) is 23.8 Å². The Bertz CT molecular complexity index is 899. The van der Waals surface area contributed by atoms with Gasteiger partial charge in [0, 0.05) is 25.9 Å². The molecule has 0 N–H and O–H groups in total. The van der Waals surface area contributed by atoms with Crippen molar-refractivity contribution in [3.8, 4) is 0 Å². The molecule has 1 heterocycles. The van der Waals surface area contributed by atoms with E-state index in [1.165, 1.54) is 17.0 Å². The second-order valence-corrected chi connectivity index (χ2v) is 7.61. The van der Waals surface area contributed by atoms with Gasteiger partial charge in [0.15, 0.2) is 0 Å². The van der Waals surface area contributed by atoms with Crippen LogP contribution in [0, 0.1) is 6.92 Å². The summed E-state index contributed by atoms with van der Waals surface area (Å²) in [6.07, 6.45) is -2.00. The standard InChI is InChI=1S/C23H24F3NO2/c1-16-6-5-7-17(12-16)13-19(28)14-18-8-9-20(21(15-18)23(24,25)26)22(29)27-10-3-2-4-11-27/h5-9,12,15H,2-4,10-11,13-14H2,1H3. The lowest BCUT2D eigenvalue weighted by Gasteiger charge is -2.28. The van der Waals surface area contributed by atoms with Crippen molar-refractivity contribution >= 4 is 11.7 Å². The van der Waals surface area contributed by atoms with Gasteiger partial charge in [0.1, 0.15) is 5.78 Å². The van der Waals surface area contributed by atoms with Crippen molar-refractivity contribution < 1.29 is 22.8 Å². The summed E-state index contributed by atoms with van der Waals surface area (Å²) in [6, 6.07) is 11.1. The fourth-order valence-electron chi connectivity index (χ4n) is 3.73. The minimum absolute atomic E-state index is 0.102. The average Bonchev–Trinajstić information content (AvgIpc) is 2.67. The Hall–Kier alpha value is -2.63. The largest absolute Gasteiger partial charge is 0.417 e. The van der Waals surface area contributed by atoms with Crippen molar-refractivity contribution in [1.82, 2.24) is 4.90 Å². The maximum atomic E-state index is 13.6. The van der Waals surface area contributed by atoms with Gasteiger partial charge in [0.2, 0.25) is 0 Å². The van der Waals surface area contributed by atoms with Crippen LogP contribution in [0.5, 0.6) is 0 Å². The first-order valence-corrected chi connectivity index (χ1v) is 9.80. The molecule has 3 nitrogen and oxygen atoms in total. The van der Waals surface area contributed by atoms with Crippen molar-refractivity contribution in [3.63, 3.8) is 0 Å². The van der Waals surface area contributed by atoms with Crippen molar-refractivity contribution in [2.24, 2.45) is 0 Å². The van der Waals surface area contributed by atoms with E-state index in [1.807, 2.05) is 31.2 Å². The van der Waals surface area contributed by atoms with Crippen LogP contribution < -0.4 is 0 Å². The molecule has 1 saturated heterocycles. The number of aryl methyl sites for hydroxylation is 1. The molecule has 154 valence electrons. The Morgan fingerprint density at radius 2 is 1.59 bits per heavy atom. The highest BCUT2D eigenvalue weighted by atomic mass is 19.4. The number of hydrogen-bond acceptors (Lipinski definition) is 2. The van der Waals surface area contributed by atoms with Crippen LogP contribution in [0.2, 0.25) is 0 Å². The van der Waals surface area contributed by atoms with Crippen LogP contribution in [0.1, 0.15) is 51.9 Å². The van der Waals surface area contributed by atoms with Gasteiger partial charge < -0.3 is 4.90 Å². The van der Waals surface area contributed by atoms with E-state index < -0.39 is 17.6 Å². The molecule has 0 aromatic heterocycles. The quantitative estimate of drug-likeness (QED) is 0.705. The zero-order valence-electron chi connectivity index (χ0n) is 16.4. The number of piperidine rings is 1. The summed E-state index contributed by atoms with van der Waals surface area (Å²) in [5, 5.41) is 0. The highest BCUT2D eigenvalue weighted by Gasteiger charge is 2.36. The third-order valence-corrected chi connectivity index (χ3v) is 5.15. The molecule has 0 radical (unpaired) electrons. The van der Waals surface area contributed by atoms with Gasteiger partial charge >= 0.3 is 6.18 Å². The number of likely N-dealkylation sites (tertiary alicyclic amines) is 1. The number of Topliss-reactive ketones (excluding diaryl/α,β-unsaturated/α-hetero) is 1. The monoisotopic (exact) mass is 403 g/mol. The summed E-state index contributed by atoms with van der Waals surface area (Å²) >= 11 is 0. The predicted octanol–water partition coefficient (Wildman–Crippen LogP) is 4.99. The minimum atomic E-state index is -4.66. The fourth-order valence-corrected chi connectivity index (χ4v) is 3.73. The summed E-state index contributed by atoms with van der Waals surface area (Å²) in [4.78, 5) is 26.5. The minimum Gasteiger partial charge on any atom is -0.339 e. The molecule has 1 aliphatic heterocycles. The predicted molar refractivity (Wildman–Crippen MR) is 105 cm³/mol. The number of ketones is 1. The second kappa shape index (κ2) is 8.80. The van der Waals surface area contributed by atoms with Gasteiger partial charge in [0.25, 0.3) is 5.91 Å². The summed E-state index contributed by atoms with van der Waals surface area (Å²) in [6.45, 7) is 2.88. The Kier molecular flexibility index (Phi) is 6.40. The highest BCUT2D eigenvalue weighted by molar-refractivity contribution is 5.96. The summed E-state index contributed by atoms with van der Waals surface area (Å²) in [7, 11) is 0. The Morgan fingerprint density at radius 1 is 0.931 bits per heavy atom. The second-order valence-electron chi connectivity index (χ2n) is 7.61. The molecule has 0 aliphatic carbocycles. The maximum Gasteiger partial charge on any atom is 0.417 e. The molecule has 6 heteroatoms. The van der Waals surface area contributed by atoms with Gasteiger partial charge in [-0.25, -0.2) is 0 Å². The van der Waals surface area contributed by atoms with Gasteiger partial charge in [-0.3, -0.25) is 9.59 Å². The van der Waals surface area contributed by atoms with Crippen LogP contribution in [0.4, 0.5) is 13.2 Å². The molecule has 1 fully saturated rings. The smallest absolute Gasteiger partial charge is 0.339 e. The van der Waals surface area contributed by atoms with Gasteiger partial charge in [0.05, 0.1) is 11.1 Å². The van der Waals surface area contributed by atoms with E-state index >= 15 is 0 Å². The molecule has 0 unspecified atom stereocenters. The summed E-state index contributed by atoms with van der Waals surface area (Å²) in [5.74, 6) is -0.756. The van der Waals surface area contributed by atoms with E-state index in [0.29, 0.717) is 13.1 Å². The number of hydrogen-bond donors (Lipinski definition) is 0. The number of halogens is 3. The third kappa shape index (κ3) is 5.46. The van der Waals surface area contributed by atoms with Crippen LogP contribution in [0.3, 0.4) is 0 Å². The molecular weight excluding hydrogens is 379 g/mol. The van der Waals surface area contributed by atoms with Gasteiger partial charge in [-0.1, -0.05) is 35.9 Å². The lowest BCUT2D eigenvalue weighted by molar-refractivity contribution is -0.138. The van der Waals surface area contributed by atoms with E-state index in [9.17, 15) is 22.8 Å². The number of rotatable bonds is 5. The fraction of sp³-hybridized carbons (Fsp3) is 0.391. The number of nitrogens with zero attached hydrogens (tertiary/aromatic N) is 1. The van der Waals surface area contributed by atoms with E-state index in [2.05, 4.69) is 0 Å². The number of amides is 1. The lowest BCUT2D eigenvalue weighted by Crippen LogP contribution is -2.36. The highest BCUT2D eigenvalue weighted by Crippen LogP contribution is 2.34. The molecule has 3 rings (SSSR count). The van der Waals surface area contributed by atoms with E-state index in [1.54, 1.807) is 0 Å². The zero-order valence-corrected chi connectivity index (χ0v) is 16.4. The van der Waals surface area contributed by atoms with Crippen LogP contribution in [0.25, 0.3) is 0 Å². The zero-order chi connectivity index (χ0) is 21.0. The Balaban J connectivity index is 1.80. The van der Waals surface area contributed by atoms with Crippen molar-refractivity contribution in [2.75, 3.05) is 13.1 Å². The Labute approximate surface area is 168 Å². The molecule has 1 amide bonds. The van der Waals surface area contributed by atoms with Crippen LogP contribution >= 0.6 is 0 Å². The molecular formula is C23H24F3NO2. The van der Waals surface area contributed by atoms with E-state index in [4.69, 9.17) is 0 Å². The van der Waals surface area contributed by atoms with Crippen molar-refractivity contribution in [3.05, 3.63) is 70.3 Å². The number of carbonyl (C=O) groups is 2. The third-order valence-electron chi connectivity index (χ3n) is 5.15. The van der Waals surface area contributed by atoms with Crippen molar-refractivity contribution in [2.45, 2.75) is 45.2 Å². The van der Waals surface area contributed by atoms with Crippen LogP contribution in [-0.4, -0.2) is 29.7 Å². The van der Waals surface area contributed by atoms with Gasteiger partial charge in [-0.2, -0.15) is 13.2 Å². The van der Waals surface area contributed by atoms with Crippen molar-refractivity contribution in [1.29, 1.82) is 0 Å². The van der Waals surface area contributed by atoms with Gasteiger partial charge in [-0.05, 0) is 49.4 Å². The molecule has 0 bridgehead atoms. The summed E-state index contributed by atoms with van der Waals surface area (Å²) < 4.78 is 40.9. The number of benzene rings is 2. The normalized spacial score (nSPS) is 14.7. The molecule has 29 heavy (non-hydrogen) atoms. The SMILES string of the molecule is Cc1cccc(CC(=O)Cc2ccc(C(=O)N3CCCCC3)c(C(F)(F)F)c2)c1. The first kappa shape index (κ1) is 21.1. The average molecular weight is 403 g/mol. The molecule has 2 aromatic carbocycles. The molecule has 1 aliphatic rings. The molecule has 2 aromatic rings. The maximum absolute atomic E-state index is 13.6.